The maximum absolute atomic E-state index is 9.76. The maximum atomic E-state index is 9.76. The average molecular weight is 409 g/mol. The number of nitrogens with zero attached hydrogens (tertiary/aromatic N) is 4. The van der Waals surface area contributed by atoms with Gasteiger partial charge in [0, 0.05) is 31.9 Å². The highest BCUT2D eigenvalue weighted by Crippen LogP contribution is 2.31. The normalized spacial score (nSPS) is 16.7. The van der Waals surface area contributed by atoms with E-state index in [2.05, 4.69) is 82.6 Å². The number of piperazine rings is 1. The highest BCUT2D eigenvalue weighted by molar-refractivity contribution is 5.57. The fraction of sp³-hybridized carbons (Fsp3) is 0.333. The standard InChI is InChI=1S/C27H28N4/c28-20-24-19-23-13-7-8-14-25(23)29-27(24)31-17-15-30(16-18-31)26(21-9-3-1-4-10-21)22-11-5-2-6-12-22/h1-6,9-12,19,26H,7-8,13-18H2. The van der Waals surface area contributed by atoms with Gasteiger partial charge in [-0.05, 0) is 48.4 Å². The molecular formula is C27H28N4. The summed E-state index contributed by atoms with van der Waals surface area (Å²) in [6.07, 6.45) is 4.51. The van der Waals surface area contributed by atoms with Crippen LogP contribution in [0.4, 0.5) is 5.82 Å². The van der Waals surface area contributed by atoms with Crippen LogP contribution in [0.1, 0.15) is 46.8 Å². The molecule has 3 aromatic rings. The second-order valence-corrected chi connectivity index (χ2v) is 8.53. The molecule has 0 amide bonds. The Morgan fingerprint density at radius 1 is 0.806 bits per heavy atom. The van der Waals surface area contributed by atoms with E-state index in [0.717, 1.165) is 50.4 Å². The predicted molar refractivity (Wildman–Crippen MR) is 124 cm³/mol. The molecule has 0 unspecified atom stereocenters. The summed E-state index contributed by atoms with van der Waals surface area (Å²) in [4.78, 5) is 9.86. The number of hydrogen-bond donors (Lipinski definition) is 0. The lowest BCUT2D eigenvalue weighted by atomic mass is 9.94. The van der Waals surface area contributed by atoms with Crippen LogP contribution < -0.4 is 4.90 Å². The molecule has 1 saturated heterocycles. The zero-order chi connectivity index (χ0) is 21.0. The molecule has 1 aliphatic heterocycles. The van der Waals surface area contributed by atoms with Gasteiger partial charge in [-0.3, -0.25) is 4.90 Å². The van der Waals surface area contributed by atoms with Gasteiger partial charge in [0.2, 0.25) is 0 Å². The monoisotopic (exact) mass is 408 g/mol. The largest absolute Gasteiger partial charge is 0.353 e. The second kappa shape index (κ2) is 8.91. The van der Waals surface area contributed by atoms with Crippen LogP contribution in [0.15, 0.2) is 66.7 Å². The summed E-state index contributed by atoms with van der Waals surface area (Å²) in [5.74, 6) is 0.888. The molecule has 4 heteroatoms. The van der Waals surface area contributed by atoms with Crippen molar-refractivity contribution >= 4 is 5.82 Å². The Balaban J connectivity index is 1.39. The van der Waals surface area contributed by atoms with E-state index in [9.17, 15) is 5.26 Å². The first kappa shape index (κ1) is 19.8. The number of aromatic nitrogens is 1. The Kier molecular flexibility index (Phi) is 5.69. The number of aryl methyl sites for hydroxylation is 2. The van der Waals surface area contributed by atoms with Crippen LogP contribution in [0.3, 0.4) is 0 Å². The van der Waals surface area contributed by atoms with Gasteiger partial charge in [-0.15, -0.1) is 0 Å². The van der Waals surface area contributed by atoms with Gasteiger partial charge in [-0.1, -0.05) is 60.7 Å². The van der Waals surface area contributed by atoms with Crippen LogP contribution in [0, 0.1) is 11.3 Å². The van der Waals surface area contributed by atoms with E-state index in [4.69, 9.17) is 4.98 Å². The summed E-state index contributed by atoms with van der Waals surface area (Å²) in [5, 5.41) is 9.76. The fourth-order valence-corrected chi connectivity index (χ4v) is 5.02. The van der Waals surface area contributed by atoms with Crippen molar-refractivity contribution in [1.82, 2.24) is 9.88 Å². The maximum Gasteiger partial charge on any atom is 0.146 e. The van der Waals surface area contributed by atoms with E-state index < -0.39 is 0 Å². The third-order valence-electron chi connectivity index (χ3n) is 6.61. The molecule has 0 radical (unpaired) electrons. The van der Waals surface area contributed by atoms with E-state index in [1.54, 1.807) is 0 Å². The predicted octanol–water partition coefficient (Wildman–Crippen LogP) is 4.74. The van der Waals surface area contributed by atoms with Crippen molar-refractivity contribution in [2.24, 2.45) is 0 Å². The summed E-state index contributed by atoms with van der Waals surface area (Å²) in [6, 6.07) is 26.3. The molecule has 1 fully saturated rings. The lowest BCUT2D eigenvalue weighted by molar-refractivity contribution is 0.212. The van der Waals surface area contributed by atoms with Gasteiger partial charge < -0.3 is 4.90 Å². The molecule has 31 heavy (non-hydrogen) atoms. The Morgan fingerprint density at radius 2 is 1.42 bits per heavy atom. The van der Waals surface area contributed by atoms with Crippen molar-refractivity contribution in [2.45, 2.75) is 31.7 Å². The quantitative estimate of drug-likeness (QED) is 0.625. The SMILES string of the molecule is N#Cc1cc2c(nc1N1CCN(C(c3ccccc3)c3ccccc3)CC1)CCCC2. The van der Waals surface area contributed by atoms with Crippen molar-refractivity contribution in [1.29, 1.82) is 5.26 Å². The van der Waals surface area contributed by atoms with Gasteiger partial charge in [-0.25, -0.2) is 4.98 Å². The summed E-state index contributed by atoms with van der Waals surface area (Å²) >= 11 is 0. The third kappa shape index (κ3) is 4.06. The van der Waals surface area contributed by atoms with Crippen molar-refractivity contribution in [3.8, 4) is 6.07 Å². The number of anilines is 1. The molecule has 2 heterocycles. The van der Waals surface area contributed by atoms with E-state index in [1.807, 2.05) is 0 Å². The van der Waals surface area contributed by atoms with Gasteiger partial charge in [0.25, 0.3) is 0 Å². The minimum Gasteiger partial charge on any atom is -0.353 e. The Labute approximate surface area is 184 Å². The molecule has 5 rings (SSSR count). The topological polar surface area (TPSA) is 43.2 Å². The van der Waals surface area contributed by atoms with Gasteiger partial charge in [0.15, 0.2) is 0 Å². The molecule has 0 N–H and O–H groups in total. The highest BCUT2D eigenvalue weighted by atomic mass is 15.3. The first-order valence-electron chi connectivity index (χ1n) is 11.4. The average Bonchev–Trinajstić information content (AvgIpc) is 2.85. The number of nitriles is 1. The van der Waals surface area contributed by atoms with Crippen molar-refractivity contribution in [2.75, 3.05) is 31.1 Å². The molecule has 2 aliphatic rings. The zero-order valence-electron chi connectivity index (χ0n) is 17.9. The lowest BCUT2D eigenvalue weighted by Gasteiger charge is -2.40. The third-order valence-corrected chi connectivity index (χ3v) is 6.61. The Bertz CT molecular complexity index is 1020. The van der Waals surface area contributed by atoms with E-state index in [1.165, 1.54) is 35.2 Å². The number of benzene rings is 2. The van der Waals surface area contributed by atoms with E-state index in [0.29, 0.717) is 0 Å². The smallest absolute Gasteiger partial charge is 0.146 e. The molecular weight excluding hydrogens is 380 g/mol. The van der Waals surface area contributed by atoms with Gasteiger partial charge >= 0.3 is 0 Å². The number of fused-ring (bicyclic) bond motifs is 1. The van der Waals surface area contributed by atoms with E-state index >= 15 is 0 Å². The summed E-state index contributed by atoms with van der Waals surface area (Å²) in [6.45, 7) is 3.66. The van der Waals surface area contributed by atoms with Gasteiger partial charge in [-0.2, -0.15) is 5.26 Å². The van der Waals surface area contributed by atoms with Crippen molar-refractivity contribution < 1.29 is 0 Å². The Morgan fingerprint density at radius 3 is 2.03 bits per heavy atom. The molecule has 1 aliphatic carbocycles. The van der Waals surface area contributed by atoms with Crippen molar-refractivity contribution in [3.05, 3.63) is 94.7 Å². The summed E-state index contributed by atoms with van der Waals surface area (Å²) in [7, 11) is 0. The van der Waals surface area contributed by atoms with Crippen LogP contribution in [0.2, 0.25) is 0 Å². The van der Waals surface area contributed by atoms with Gasteiger partial charge in [0.05, 0.1) is 11.6 Å². The fourth-order valence-electron chi connectivity index (χ4n) is 5.02. The van der Waals surface area contributed by atoms with E-state index in [-0.39, 0.29) is 6.04 Å². The highest BCUT2D eigenvalue weighted by Gasteiger charge is 2.28. The number of hydrogen-bond acceptors (Lipinski definition) is 4. The van der Waals surface area contributed by atoms with Crippen LogP contribution in [-0.2, 0) is 12.8 Å². The van der Waals surface area contributed by atoms with Crippen LogP contribution in [0.5, 0.6) is 0 Å². The second-order valence-electron chi connectivity index (χ2n) is 8.53. The zero-order valence-corrected chi connectivity index (χ0v) is 17.9. The molecule has 1 aromatic heterocycles. The van der Waals surface area contributed by atoms with Crippen molar-refractivity contribution in [3.63, 3.8) is 0 Å². The summed E-state index contributed by atoms with van der Waals surface area (Å²) in [5.41, 5.74) is 5.86. The first-order valence-corrected chi connectivity index (χ1v) is 11.4. The number of pyridine rings is 1. The summed E-state index contributed by atoms with van der Waals surface area (Å²) < 4.78 is 0. The molecule has 0 spiro atoms. The molecule has 2 aromatic carbocycles. The molecule has 4 nitrogen and oxygen atoms in total. The molecule has 0 atom stereocenters. The van der Waals surface area contributed by atoms with Crippen LogP contribution in [0.25, 0.3) is 0 Å². The Hall–Kier alpha value is -3.16. The minimum atomic E-state index is 0.247. The van der Waals surface area contributed by atoms with Crippen LogP contribution in [-0.4, -0.2) is 36.1 Å². The number of rotatable bonds is 4. The molecule has 0 bridgehead atoms. The van der Waals surface area contributed by atoms with Crippen LogP contribution >= 0.6 is 0 Å². The first-order chi connectivity index (χ1) is 15.3. The minimum absolute atomic E-state index is 0.247. The lowest BCUT2D eigenvalue weighted by Crippen LogP contribution is -2.48. The molecule has 156 valence electrons. The van der Waals surface area contributed by atoms with Gasteiger partial charge in [0.1, 0.15) is 11.9 Å². The molecule has 0 saturated carbocycles.